The summed E-state index contributed by atoms with van der Waals surface area (Å²) in [5.41, 5.74) is 1.05. The highest BCUT2D eigenvalue weighted by Crippen LogP contribution is 2.30. The van der Waals surface area contributed by atoms with Crippen molar-refractivity contribution < 1.29 is 9.53 Å². The molecule has 1 rings (SSSR count). The molecule has 0 bridgehead atoms. The van der Waals surface area contributed by atoms with Crippen LogP contribution in [0.5, 0.6) is 5.75 Å². The third kappa shape index (κ3) is 3.48. The van der Waals surface area contributed by atoms with E-state index in [9.17, 15) is 4.79 Å². The molecule has 3 heteroatoms. The molecule has 1 aromatic carbocycles. The van der Waals surface area contributed by atoms with Crippen LogP contribution in [0.4, 0.5) is 0 Å². The summed E-state index contributed by atoms with van der Waals surface area (Å²) in [5.74, 6) is 0.471. The summed E-state index contributed by atoms with van der Waals surface area (Å²) in [5, 5.41) is 0. The van der Waals surface area contributed by atoms with E-state index < -0.39 is 0 Å². The minimum Gasteiger partial charge on any atom is -0.426 e. The molecule has 0 fully saturated rings. The summed E-state index contributed by atoms with van der Waals surface area (Å²) < 4.78 is 5.65. The van der Waals surface area contributed by atoms with Crippen LogP contribution in [0.1, 0.15) is 26.3 Å². The van der Waals surface area contributed by atoms with Gasteiger partial charge in [-0.25, -0.2) is 0 Å². The second-order valence-corrected chi connectivity index (χ2v) is 5.12. The number of hydrogen-bond acceptors (Lipinski definition) is 2. The van der Waals surface area contributed by atoms with Crippen LogP contribution in [0.25, 0.3) is 0 Å². The van der Waals surface area contributed by atoms with E-state index in [-0.39, 0.29) is 11.4 Å². The van der Waals surface area contributed by atoms with Crippen LogP contribution in [0.3, 0.4) is 0 Å². The molecular weight excluding hydrogens is 303 g/mol. The van der Waals surface area contributed by atoms with Crippen molar-refractivity contribution >= 4 is 28.6 Å². The van der Waals surface area contributed by atoms with E-state index in [1.807, 2.05) is 46.9 Å². The summed E-state index contributed by atoms with van der Waals surface area (Å²) in [7, 11) is 0. The first kappa shape index (κ1) is 12.5. The van der Waals surface area contributed by atoms with Crippen molar-refractivity contribution in [3.63, 3.8) is 0 Å². The number of hydrogen-bond donors (Lipinski definition) is 0. The molecule has 0 spiro atoms. The van der Waals surface area contributed by atoms with Gasteiger partial charge in [0, 0.05) is 5.56 Å². The lowest BCUT2D eigenvalue weighted by Crippen LogP contribution is -2.16. The number of benzene rings is 1. The molecule has 0 atom stereocenters. The first-order chi connectivity index (χ1) is 6.95. The lowest BCUT2D eigenvalue weighted by molar-refractivity contribution is -0.131. The van der Waals surface area contributed by atoms with Gasteiger partial charge in [-0.1, -0.05) is 61.6 Å². The number of rotatable bonds is 2. The van der Waals surface area contributed by atoms with Crippen LogP contribution < -0.4 is 4.74 Å². The van der Waals surface area contributed by atoms with Crippen LogP contribution >= 0.6 is 22.6 Å². The molecule has 0 saturated carbocycles. The van der Waals surface area contributed by atoms with Crippen molar-refractivity contribution in [2.75, 3.05) is 4.43 Å². The van der Waals surface area contributed by atoms with Crippen LogP contribution in [0, 0.1) is 0 Å². The Morgan fingerprint density at radius 2 is 1.93 bits per heavy atom. The lowest BCUT2D eigenvalue weighted by atomic mass is 9.86. The van der Waals surface area contributed by atoms with Crippen molar-refractivity contribution in [2.45, 2.75) is 26.2 Å². The van der Waals surface area contributed by atoms with Crippen LogP contribution in [0.2, 0.25) is 0 Å². The Balaban J connectivity index is 3.02. The van der Waals surface area contributed by atoms with E-state index in [1.165, 1.54) is 0 Å². The first-order valence-electron chi connectivity index (χ1n) is 4.81. The minimum atomic E-state index is -0.202. The summed E-state index contributed by atoms with van der Waals surface area (Å²) in [6.45, 7) is 6.30. The topological polar surface area (TPSA) is 26.3 Å². The average molecular weight is 318 g/mol. The molecule has 0 N–H and O–H groups in total. The lowest BCUT2D eigenvalue weighted by Gasteiger charge is -2.21. The van der Waals surface area contributed by atoms with Crippen molar-refractivity contribution in [1.82, 2.24) is 0 Å². The summed E-state index contributed by atoms with van der Waals surface area (Å²) >= 11 is 2.00. The SMILES string of the molecule is CC(C)(C)c1ccccc1OC(=O)CI. The predicted octanol–water partition coefficient (Wildman–Crippen LogP) is 3.32. The highest BCUT2D eigenvalue weighted by Gasteiger charge is 2.19. The summed E-state index contributed by atoms with van der Waals surface area (Å²) in [6, 6.07) is 7.67. The number of esters is 1. The highest BCUT2D eigenvalue weighted by atomic mass is 127. The molecule has 0 heterocycles. The summed E-state index contributed by atoms with van der Waals surface area (Å²) in [4.78, 5) is 11.2. The maximum Gasteiger partial charge on any atom is 0.321 e. The molecule has 0 aliphatic carbocycles. The van der Waals surface area contributed by atoms with Gasteiger partial charge in [0.15, 0.2) is 0 Å². The van der Waals surface area contributed by atoms with E-state index >= 15 is 0 Å². The third-order valence-electron chi connectivity index (χ3n) is 2.03. The minimum absolute atomic E-state index is 0.0118. The van der Waals surface area contributed by atoms with Gasteiger partial charge in [0.25, 0.3) is 0 Å². The molecule has 1 aromatic rings. The fourth-order valence-electron chi connectivity index (χ4n) is 1.33. The first-order valence-corrected chi connectivity index (χ1v) is 6.34. The van der Waals surface area contributed by atoms with Gasteiger partial charge < -0.3 is 4.74 Å². The Morgan fingerprint density at radius 3 is 2.47 bits per heavy atom. The molecule has 0 radical (unpaired) electrons. The van der Waals surface area contributed by atoms with E-state index in [0.29, 0.717) is 10.2 Å². The number of carbonyl (C=O) groups excluding carboxylic acids is 1. The molecule has 0 amide bonds. The van der Waals surface area contributed by atoms with Crippen molar-refractivity contribution in [3.8, 4) is 5.75 Å². The van der Waals surface area contributed by atoms with E-state index in [1.54, 1.807) is 0 Å². The van der Waals surface area contributed by atoms with Crippen LogP contribution in [-0.2, 0) is 10.2 Å². The largest absolute Gasteiger partial charge is 0.426 e. The standard InChI is InChI=1S/C12H15IO2/c1-12(2,3)9-6-4-5-7-10(9)15-11(14)8-13/h4-7H,8H2,1-3H3. The van der Waals surface area contributed by atoms with Crippen molar-refractivity contribution in [1.29, 1.82) is 0 Å². The van der Waals surface area contributed by atoms with Gasteiger partial charge in [0.05, 0.1) is 4.43 Å². The van der Waals surface area contributed by atoms with Gasteiger partial charge in [0.2, 0.25) is 0 Å². The fourth-order valence-corrected chi connectivity index (χ4v) is 1.48. The smallest absolute Gasteiger partial charge is 0.321 e. The van der Waals surface area contributed by atoms with Crippen LogP contribution in [0.15, 0.2) is 24.3 Å². The molecule has 0 saturated heterocycles. The molecular formula is C12H15IO2. The van der Waals surface area contributed by atoms with Crippen LogP contribution in [-0.4, -0.2) is 10.4 Å². The summed E-state index contributed by atoms with van der Waals surface area (Å²) in [6.07, 6.45) is 0. The van der Waals surface area contributed by atoms with Gasteiger partial charge >= 0.3 is 5.97 Å². The normalized spacial score (nSPS) is 11.2. The molecule has 0 aliphatic rings. The number of halogens is 1. The zero-order valence-corrected chi connectivity index (χ0v) is 11.4. The molecule has 82 valence electrons. The molecule has 0 unspecified atom stereocenters. The molecule has 15 heavy (non-hydrogen) atoms. The van der Waals surface area contributed by atoms with Gasteiger partial charge in [0.1, 0.15) is 5.75 Å². The zero-order valence-electron chi connectivity index (χ0n) is 9.21. The maximum atomic E-state index is 11.2. The third-order valence-corrected chi connectivity index (χ3v) is 2.65. The van der Waals surface area contributed by atoms with Gasteiger partial charge in [-0.15, -0.1) is 0 Å². The Hall–Kier alpha value is -0.580. The van der Waals surface area contributed by atoms with E-state index in [4.69, 9.17) is 4.74 Å². The van der Waals surface area contributed by atoms with E-state index in [0.717, 1.165) is 5.56 Å². The van der Waals surface area contributed by atoms with Crippen molar-refractivity contribution in [2.24, 2.45) is 0 Å². The Labute approximate surface area is 104 Å². The van der Waals surface area contributed by atoms with Gasteiger partial charge in [-0.05, 0) is 11.5 Å². The molecule has 2 nitrogen and oxygen atoms in total. The zero-order chi connectivity index (χ0) is 11.5. The average Bonchev–Trinajstić information content (AvgIpc) is 2.17. The Kier molecular flexibility index (Phi) is 4.13. The Morgan fingerprint density at radius 1 is 1.33 bits per heavy atom. The van der Waals surface area contributed by atoms with Gasteiger partial charge in [-0.2, -0.15) is 0 Å². The number of para-hydroxylation sites is 1. The number of alkyl halides is 1. The molecule has 0 aliphatic heterocycles. The fraction of sp³-hybridized carbons (Fsp3) is 0.417. The number of carbonyl (C=O) groups is 1. The Bertz CT molecular complexity index is 353. The second kappa shape index (κ2) is 4.96. The van der Waals surface area contributed by atoms with Gasteiger partial charge in [-0.3, -0.25) is 4.79 Å². The quantitative estimate of drug-likeness (QED) is 0.362. The monoisotopic (exact) mass is 318 g/mol. The maximum absolute atomic E-state index is 11.2. The van der Waals surface area contributed by atoms with E-state index in [2.05, 4.69) is 20.8 Å². The second-order valence-electron chi connectivity index (χ2n) is 4.35. The highest BCUT2D eigenvalue weighted by molar-refractivity contribution is 14.1. The number of ether oxygens (including phenoxy) is 1. The predicted molar refractivity (Wildman–Crippen MR) is 69.7 cm³/mol. The molecule has 0 aromatic heterocycles. The van der Waals surface area contributed by atoms with Crippen molar-refractivity contribution in [3.05, 3.63) is 29.8 Å².